The first-order valence-corrected chi connectivity index (χ1v) is 4.82. The fourth-order valence-corrected chi connectivity index (χ4v) is 1.59. The molecule has 0 aromatic carbocycles. The Morgan fingerprint density at radius 1 is 1.33 bits per heavy atom. The molecule has 12 heavy (non-hydrogen) atoms. The zero-order valence-electron chi connectivity index (χ0n) is 8.59. The minimum atomic E-state index is -0.0237. The van der Waals surface area contributed by atoms with Crippen molar-refractivity contribution in [1.82, 2.24) is 0 Å². The van der Waals surface area contributed by atoms with Gasteiger partial charge in [0.25, 0.3) is 0 Å². The number of esters is 1. The normalized spacial score (nSPS) is 27.3. The average Bonchev–Trinajstić information content (AvgIpc) is 2.54. The number of carbonyl (C=O) groups excluding carboxylic acids is 1. The van der Waals surface area contributed by atoms with Gasteiger partial charge in [-0.1, -0.05) is 20.8 Å². The van der Waals surface area contributed by atoms with Crippen molar-refractivity contribution in [3.05, 3.63) is 0 Å². The predicted molar refractivity (Wildman–Crippen MR) is 49.9 cm³/mol. The molecule has 2 unspecified atom stereocenters. The van der Waals surface area contributed by atoms with E-state index >= 15 is 0 Å². The number of rotatable bonds is 1. The van der Waals surface area contributed by atoms with Crippen molar-refractivity contribution in [3.63, 3.8) is 0 Å². The molecule has 1 aliphatic carbocycles. The fourth-order valence-electron chi connectivity index (χ4n) is 1.59. The molecular formula is C10H20O2. The highest BCUT2D eigenvalue weighted by Gasteiger charge is 2.27. The molecule has 0 heterocycles. The molecule has 0 bridgehead atoms. The van der Waals surface area contributed by atoms with Gasteiger partial charge in [0.15, 0.2) is 0 Å². The number of ether oxygens (including phenoxy) is 1. The number of hydrogen-bond acceptors (Lipinski definition) is 2. The Morgan fingerprint density at radius 3 is 2.25 bits per heavy atom. The van der Waals surface area contributed by atoms with Crippen LogP contribution in [0.25, 0.3) is 0 Å². The summed E-state index contributed by atoms with van der Waals surface area (Å²) in [6.45, 7) is 6.18. The molecule has 0 radical (unpaired) electrons. The van der Waals surface area contributed by atoms with Crippen LogP contribution >= 0.6 is 0 Å². The Bertz CT molecular complexity index is 132. The van der Waals surface area contributed by atoms with Gasteiger partial charge in [-0.25, -0.2) is 0 Å². The quantitative estimate of drug-likeness (QED) is 0.568. The molecule has 0 N–H and O–H groups in total. The van der Waals surface area contributed by atoms with Gasteiger partial charge in [-0.15, -0.1) is 0 Å². The predicted octanol–water partition coefficient (Wildman–Crippen LogP) is 2.62. The third-order valence-electron chi connectivity index (χ3n) is 2.23. The van der Waals surface area contributed by atoms with E-state index in [2.05, 4.69) is 11.7 Å². The van der Waals surface area contributed by atoms with Gasteiger partial charge in [0, 0.05) is 0 Å². The molecule has 1 aliphatic rings. The maximum absolute atomic E-state index is 10.9. The first kappa shape index (κ1) is 11.5. The molecule has 2 heteroatoms. The lowest BCUT2D eigenvalue weighted by Crippen LogP contribution is -2.12. The maximum atomic E-state index is 10.9. The van der Waals surface area contributed by atoms with Crippen molar-refractivity contribution in [2.45, 2.75) is 40.0 Å². The topological polar surface area (TPSA) is 26.3 Å². The average molecular weight is 172 g/mol. The van der Waals surface area contributed by atoms with Crippen LogP contribution in [0.15, 0.2) is 0 Å². The van der Waals surface area contributed by atoms with Gasteiger partial charge < -0.3 is 4.74 Å². The highest BCUT2D eigenvalue weighted by Crippen LogP contribution is 2.30. The van der Waals surface area contributed by atoms with Crippen molar-refractivity contribution < 1.29 is 9.53 Å². The first-order valence-electron chi connectivity index (χ1n) is 4.82. The van der Waals surface area contributed by atoms with Gasteiger partial charge in [-0.05, 0) is 25.2 Å². The van der Waals surface area contributed by atoms with Gasteiger partial charge in [0.1, 0.15) is 0 Å². The largest absolute Gasteiger partial charge is 0.469 e. The van der Waals surface area contributed by atoms with Crippen LogP contribution in [0.2, 0.25) is 0 Å². The Kier molecular flexibility index (Phi) is 5.77. The second-order valence-corrected chi connectivity index (χ2v) is 3.14. The molecule has 72 valence electrons. The fraction of sp³-hybridized carbons (Fsp3) is 0.900. The number of methoxy groups -OCH3 is 1. The van der Waals surface area contributed by atoms with Gasteiger partial charge in [0.05, 0.1) is 13.0 Å². The summed E-state index contributed by atoms with van der Waals surface area (Å²) >= 11 is 0. The van der Waals surface area contributed by atoms with Gasteiger partial charge in [-0.3, -0.25) is 4.79 Å². The van der Waals surface area contributed by atoms with Gasteiger partial charge in [-0.2, -0.15) is 0 Å². The molecule has 1 rings (SSSR count). The van der Waals surface area contributed by atoms with Crippen LogP contribution in [-0.4, -0.2) is 13.1 Å². The van der Waals surface area contributed by atoms with Gasteiger partial charge >= 0.3 is 5.97 Å². The molecule has 0 aromatic heterocycles. The van der Waals surface area contributed by atoms with E-state index < -0.39 is 0 Å². The van der Waals surface area contributed by atoms with Crippen molar-refractivity contribution in [1.29, 1.82) is 0 Å². The molecule has 0 saturated heterocycles. The summed E-state index contributed by atoms with van der Waals surface area (Å²) in [6, 6.07) is 0. The monoisotopic (exact) mass is 172 g/mol. The molecule has 2 atom stereocenters. The van der Waals surface area contributed by atoms with Crippen LogP contribution in [0.3, 0.4) is 0 Å². The first-order chi connectivity index (χ1) is 5.74. The van der Waals surface area contributed by atoms with Crippen molar-refractivity contribution in [2.24, 2.45) is 11.8 Å². The van der Waals surface area contributed by atoms with Crippen molar-refractivity contribution in [2.75, 3.05) is 7.11 Å². The Hall–Kier alpha value is -0.530. The minimum absolute atomic E-state index is 0.0237. The third-order valence-corrected chi connectivity index (χ3v) is 2.23. The number of carbonyl (C=O) groups is 1. The van der Waals surface area contributed by atoms with Crippen LogP contribution < -0.4 is 0 Å². The smallest absolute Gasteiger partial charge is 0.308 e. The summed E-state index contributed by atoms with van der Waals surface area (Å²) in [5, 5.41) is 0. The zero-order valence-corrected chi connectivity index (χ0v) is 8.59. The summed E-state index contributed by atoms with van der Waals surface area (Å²) in [4.78, 5) is 10.9. The SMILES string of the molecule is CC.COC(=O)C1CCC(C)C1. The van der Waals surface area contributed by atoms with Crippen LogP contribution in [0.4, 0.5) is 0 Å². The molecule has 0 spiro atoms. The standard InChI is InChI=1S/C8H14O2.C2H6/c1-6-3-4-7(5-6)8(9)10-2;1-2/h6-7H,3-5H2,1-2H3;1-2H3. The van der Waals surface area contributed by atoms with Crippen LogP contribution in [0.5, 0.6) is 0 Å². The van der Waals surface area contributed by atoms with Crippen LogP contribution in [0.1, 0.15) is 40.0 Å². The van der Waals surface area contributed by atoms with Crippen LogP contribution in [0, 0.1) is 11.8 Å². The van der Waals surface area contributed by atoms with Crippen molar-refractivity contribution >= 4 is 5.97 Å². The lowest BCUT2D eigenvalue weighted by Gasteiger charge is -2.04. The Morgan fingerprint density at radius 2 is 1.92 bits per heavy atom. The molecule has 1 fully saturated rings. The summed E-state index contributed by atoms with van der Waals surface area (Å²) < 4.78 is 4.64. The number of hydrogen-bond donors (Lipinski definition) is 0. The summed E-state index contributed by atoms with van der Waals surface area (Å²) in [5.74, 6) is 0.883. The summed E-state index contributed by atoms with van der Waals surface area (Å²) in [5.41, 5.74) is 0. The molecule has 1 saturated carbocycles. The highest BCUT2D eigenvalue weighted by atomic mass is 16.5. The molecular weight excluding hydrogens is 152 g/mol. The summed E-state index contributed by atoms with van der Waals surface area (Å²) in [6.07, 6.45) is 3.22. The van der Waals surface area contributed by atoms with E-state index in [4.69, 9.17) is 0 Å². The lowest BCUT2D eigenvalue weighted by molar-refractivity contribution is -0.145. The van der Waals surface area contributed by atoms with Crippen LogP contribution in [-0.2, 0) is 9.53 Å². The molecule has 0 amide bonds. The third kappa shape index (κ3) is 3.24. The molecule has 0 aliphatic heterocycles. The molecule has 2 nitrogen and oxygen atoms in total. The Balaban J connectivity index is 0.000000561. The maximum Gasteiger partial charge on any atom is 0.308 e. The molecule has 0 aromatic rings. The highest BCUT2D eigenvalue weighted by molar-refractivity contribution is 5.72. The van der Waals surface area contributed by atoms with E-state index in [0.717, 1.165) is 12.8 Å². The van der Waals surface area contributed by atoms with E-state index in [1.807, 2.05) is 13.8 Å². The van der Waals surface area contributed by atoms with E-state index in [1.54, 1.807) is 0 Å². The second kappa shape index (κ2) is 6.04. The van der Waals surface area contributed by atoms with Crippen molar-refractivity contribution in [3.8, 4) is 0 Å². The van der Waals surface area contributed by atoms with E-state index in [9.17, 15) is 4.79 Å². The Labute approximate surface area is 75.3 Å². The van der Waals surface area contributed by atoms with E-state index in [-0.39, 0.29) is 11.9 Å². The minimum Gasteiger partial charge on any atom is -0.469 e. The lowest BCUT2D eigenvalue weighted by atomic mass is 10.1. The zero-order chi connectivity index (χ0) is 9.56. The van der Waals surface area contributed by atoms with Gasteiger partial charge in [0.2, 0.25) is 0 Å². The summed E-state index contributed by atoms with van der Waals surface area (Å²) in [7, 11) is 1.46. The second-order valence-electron chi connectivity index (χ2n) is 3.14. The van der Waals surface area contributed by atoms with E-state index in [0.29, 0.717) is 5.92 Å². The van der Waals surface area contributed by atoms with E-state index in [1.165, 1.54) is 13.5 Å².